The van der Waals surface area contributed by atoms with Crippen LogP contribution in [-0.4, -0.2) is 41.0 Å². The quantitative estimate of drug-likeness (QED) is 0.570. The maximum absolute atomic E-state index is 11.4. The molecule has 0 radical (unpaired) electrons. The Kier molecular flexibility index (Phi) is 5.34. The number of amides is 1. The van der Waals surface area contributed by atoms with Crippen molar-refractivity contribution in [3.05, 3.63) is 0 Å². The van der Waals surface area contributed by atoms with Crippen molar-refractivity contribution in [1.82, 2.24) is 4.90 Å². The van der Waals surface area contributed by atoms with E-state index in [4.69, 9.17) is 17.3 Å². The number of hydrogen-bond acceptors (Lipinski definition) is 3. The van der Waals surface area contributed by atoms with E-state index in [0.717, 1.165) is 4.90 Å². The van der Waals surface area contributed by atoms with Gasteiger partial charge in [0.25, 0.3) is 0 Å². The highest BCUT2D eigenvalue weighted by Crippen LogP contribution is 1.96. The molecule has 78 valence electrons. The van der Waals surface area contributed by atoms with Gasteiger partial charge in [-0.05, 0) is 6.92 Å². The molecule has 0 aliphatic rings. The molecule has 0 aromatic heterocycles. The first kappa shape index (κ1) is 12.5. The van der Waals surface area contributed by atoms with Gasteiger partial charge in [0.2, 0.25) is 5.91 Å². The highest BCUT2D eigenvalue weighted by Gasteiger charge is 2.20. The van der Waals surface area contributed by atoms with Crippen molar-refractivity contribution < 1.29 is 14.7 Å². The van der Waals surface area contributed by atoms with Gasteiger partial charge in [0, 0.05) is 13.0 Å². The van der Waals surface area contributed by atoms with E-state index in [9.17, 15) is 9.59 Å². The number of carbonyl (C=O) groups is 2. The zero-order valence-electron chi connectivity index (χ0n) is 8.06. The van der Waals surface area contributed by atoms with E-state index < -0.39 is 17.9 Å². The lowest BCUT2D eigenvalue weighted by molar-refractivity contribution is -0.144. The summed E-state index contributed by atoms with van der Waals surface area (Å²) in [7, 11) is 0. The summed E-state index contributed by atoms with van der Waals surface area (Å²) in [5.41, 5.74) is 5.45. The summed E-state index contributed by atoms with van der Waals surface area (Å²) < 4.78 is 0. The Labute approximate surface area is 82.9 Å². The zero-order valence-corrected chi connectivity index (χ0v) is 8.06. The van der Waals surface area contributed by atoms with E-state index in [1.54, 1.807) is 6.92 Å². The third kappa shape index (κ3) is 3.92. The number of carboxylic acids is 1. The minimum Gasteiger partial charge on any atom is -0.480 e. The van der Waals surface area contributed by atoms with Gasteiger partial charge in [-0.15, -0.1) is 12.3 Å². The minimum absolute atomic E-state index is 0.120. The van der Waals surface area contributed by atoms with Crippen LogP contribution in [0.1, 0.15) is 13.3 Å². The molecule has 5 heteroatoms. The molecule has 1 unspecified atom stereocenters. The van der Waals surface area contributed by atoms with Crippen LogP contribution in [0.15, 0.2) is 0 Å². The monoisotopic (exact) mass is 198 g/mol. The van der Waals surface area contributed by atoms with Gasteiger partial charge in [-0.2, -0.15) is 0 Å². The highest BCUT2D eigenvalue weighted by molar-refractivity contribution is 5.85. The SMILES string of the molecule is C#CCC(N)C(=O)N(CC)CC(=O)O. The summed E-state index contributed by atoms with van der Waals surface area (Å²) in [6.07, 6.45) is 5.11. The van der Waals surface area contributed by atoms with Gasteiger partial charge >= 0.3 is 5.97 Å². The Bertz CT molecular complexity index is 257. The van der Waals surface area contributed by atoms with E-state index in [1.807, 2.05) is 0 Å². The molecule has 0 heterocycles. The molecule has 14 heavy (non-hydrogen) atoms. The van der Waals surface area contributed by atoms with Gasteiger partial charge in [0.05, 0.1) is 6.04 Å². The molecule has 0 saturated carbocycles. The Hall–Kier alpha value is -1.54. The fourth-order valence-corrected chi connectivity index (χ4v) is 0.958. The van der Waals surface area contributed by atoms with E-state index >= 15 is 0 Å². The molecule has 3 N–H and O–H groups in total. The van der Waals surface area contributed by atoms with Crippen molar-refractivity contribution in [2.24, 2.45) is 5.73 Å². The molecule has 0 aliphatic carbocycles. The lowest BCUT2D eigenvalue weighted by atomic mass is 10.2. The second-order valence-electron chi connectivity index (χ2n) is 2.76. The smallest absolute Gasteiger partial charge is 0.323 e. The predicted molar refractivity (Wildman–Crippen MR) is 51.3 cm³/mol. The second-order valence-corrected chi connectivity index (χ2v) is 2.76. The van der Waals surface area contributed by atoms with Crippen molar-refractivity contribution in [3.63, 3.8) is 0 Å². The van der Waals surface area contributed by atoms with Gasteiger partial charge < -0.3 is 15.7 Å². The van der Waals surface area contributed by atoms with E-state index in [2.05, 4.69) is 5.92 Å². The maximum atomic E-state index is 11.4. The number of nitrogens with zero attached hydrogens (tertiary/aromatic N) is 1. The zero-order chi connectivity index (χ0) is 11.1. The Morgan fingerprint density at radius 1 is 1.64 bits per heavy atom. The van der Waals surface area contributed by atoms with Crippen molar-refractivity contribution >= 4 is 11.9 Å². The summed E-state index contributed by atoms with van der Waals surface area (Å²) in [6, 6.07) is -0.806. The standard InChI is InChI=1S/C9H14N2O3/c1-3-5-7(10)9(14)11(4-2)6-8(12)13/h1,7H,4-6,10H2,2H3,(H,12,13). The molecule has 0 aromatic carbocycles. The Morgan fingerprint density at radius 2 is 2.21 bits per heavy atom. The van der Waals surface area contributed by atoms with Crippen LogP contribution in [0, 0.1) is 12.3 Å². The van der Waals surface area contributed by atoms with Crippen LogP contribution in [-0.2, 0) is 9.59 Å². The predicted octanol–water partition coefficient (Wildman–Crippen LogP) is -0.730. The van der Waals surface area contributed by atoms with E-state index in [0.29, 0.717) is 6.54 Å². The molecule has 1 amide bonds. The van der Waals surface area contributed by atoms with Crippen LogP contribution in [0.25, 0.3) is 0 Å². The summed E-state index contributed by atoms with van der Waals surface area (Å²) >= 11 is 0. The molecule has 0 bridgehead atoms. The van der Waals surface area contributed by atoms with Gasteiger partial charge in [0.15, 0.2) is 0 Å². The largest absolute Gasteiger partial charge is 0.480 e. The maximum Gasteiger partial charge on any atom is 0.323 e. The van der Waals surface area contributed by atoms with Gasteiger partial charge in [-0.3, -0.25) is 9.59 Å². The van der Waals surface area contributed by atoms with Crippen LogP contribution in [0.4, 0.5) is 0 Å². The highest BCUT2D eigenvalue weighted by atomic mass is 16.4. The van der Waals surface area contributed by atoms with Crippen molar-refractivity contribution in [2.75, 3.05) is 13.1 Å². The third-order valence-electron chi connectivity index (χ3n) is 1.67. The molecule has 0 spiro atoms. The number of hydrogen-bond donors (Lipinski definition) is 2. The molecule has 5 nitrogen and oxygen atoms in total. The van der Waals surface area contributed by atoms with Crippen LogP contribution >= 0.6 is 0 Å². The molecule has 0 saturated heterocycles. The first-order valence-corrected chi connectivity index (χ1v) is 4.22. The Balaban J connectivity index is 4.31. The molecule has 0 aliphatic heterocycles. The Morgan fingerprint density at radius 3 is 2.57 bits per heavy atom. The third-order valence-corrected chi connectivity index (χ3v) is 1.67. The minimum atomic E-state index is -1.06. The lowest BCUT2D eigenvalue weighted by Gasteiger charge is -2.21. The van der Waals surface area contributed by atoms with Gasteiger partial charge in [-0.25, -0.2) is 0 Å². The van der Waals surface area contributed by atoms with E-state index in [-0.39, 0.29) is 13.0 Å². The normalized spacial score (nSPS) is 11.5. The van der Waals surface area contributed by atoms with E-state index in [1.165, 1.54) is 0 Å². The average Bonchev–Trinajstić information content (AvgIpc) is 2.13. The number of terminal acetylenes is 1. The topological polar surface area (TPSA) is 83.6 Å². The summed E-state index contributed by atoms with van der Waals surface area (Å²) in [5, 5.41) is 8.50. The first-order valence-electron chi connectivity index (χ1n) is 4.22. The van der Waals surface area contributed by atoms with Crippen LogP contribution in [0.2, 0.25) is 0 Å². The number of carboxylic acid groups (broad SMARTS) is 1. The number of carbonyl (C=O) groups excluding carboxylic acids is 1. The fraction of sp³-hybridized carbons (Fsp3) is 0.556. The van der Waals surface area contributed by atoms with Crippen LogP contribution < -0.4 is 5.73 Å². The van der Waals surface area contributed by atoms with Crippen molar-refractivity contribution in [2.45, 2.75) is 19.4 Å². The molecular weight excluding hydrogens is 184 g/mol. The number of rotatable bonds is 5. The first-order chi connectivity index (χ1) is 6.52. The average molecular weight is 198 g/mol. The fourth-order valence-electron chi connectivity index (χ4n) is 0.958. The summed E-state index contributed by atoms with van der Waals surface area (Å²) in [5.74, 6) is 0.776. The van der Waals surface area contributed by atoms with Crippen LogP contribution in [0.5, 0.6) is 0 Å². The number of nitrogens with two attached hydrogens (primary N) is 1. The van der Waals surface area contributed by atoms with Gasteiger partial charge in [-0.1, -0.05) is 0 Å². The molecule has 0 fully saturated rings. The molecule has 0 aromatic rings. The van der Waals surface area contributed by atoms with Crippen molar-refractivity contribution in [1.29, 1.82) is 0 Å². The number of likely N-dealkylation sites (N-methyl/N-ethyl adjacent to an activating group) is 1. The summed E-state index contributed by atoms with van der Waals surface area (Å²) in [6.45, 7) is 1.65. The number of aliphatic carboxylic acids is 1. The van der Waals surface area contributed by atoms with Crippen LogP contribution in [0.3, 0.4) is 0 Å². The lowest BCUT2D eigenvalue weighted by Crippen LogP contribution is -2.45. The molecular formula is C9H14N2O3. The van der Waals surface area contributed by atoms with Gasteiger partial charge in [0.1, 0.15) is 6.54 Å². The van der Waals surface area contributed by atoms with Crippen molar-refractivity contribution in [3.8, 4) is 12.3 Å². The summed E-state index contributed by atoms with van der Waals surface area (Å²) in [4.78, 5) is 23.0. The molecule has 0 rings (SSSR count). The molecule has 1 atom stereocenters. The second kappa shape index (κ2) is 6.00.